The molecule has 0 radical (unpaired) electrons. The number of benzene rings is 2. The molecule has 1 unspecified atom stereocenters. The molecule has 0 saturated carbocycles. The molecule has 0 heterocycles. The van der Waals surface area contributed by atoms with Gasteiger partial charge in [0.2, 0.25) is 0 Å². The zero-order valence-electron chi connectivity index (χ0n) is 11.6. The quantitative estimate of drug-likeness (QED) is 0.839. The second kappa shape index (κ2) is 7.46. The zero-order valence-corrected chi connectivity index (χ0v) is 13.2. The predicted molar refractivity (Wildman–Crippen MR) is 87.1 cm³/mol. The minimum absolute atomic E-state index is 0.324. The van der Waals surface area contributed by atoms with Crippen LogP contribution in [0.15, 0.2) is 53.0 Å². The Morgan fingerprint density at radius 1 is 1.00 bits per heavy atom. The van der Waals surface area contributed by atoms with E-state index < -0.39 is 0 Å². The van der Waals surface area contributed by atoms with Crippen LogP contribution in [-0.2, 0) is 12.8 Å². The van der Waals surface area contributed by atoms with Crippen molar-refractivity contribution in [1.82, 2.24) is 5.32 Å². The minimum Gasteiger partial charge on any atom is -0.508 e. The molecule has 1 atom stereocenters. The summed E-state index contributed by atoms with van der Waals surface area (Å²) in [4.78, 5) is 0. The smallest absolute Gasteiger partial charge is 0.115 e. The van der Waals surface area contributed by atoms with E-state index >= 15 is 0 Å². The molecule has 0 aromatic heterocycles. The Labute approximate surface area is 129 Å². The first-order valence-corrected chi connectivity index (χ1v) is 7.68. The number of rotatable bonds is 6. The summed E-state index contributed by atoms with van der Waals surface area (Å²) < 4.78 is 1.12. The van der Waals surface area contributed by atoms with E-state index in [0.29, 0.717) is 11.8 Å². The summed E-state index contributed by atoms with van der Waals surface area (Å²) in [5.41, 5.74) is 2.59. The van der Waals surface area contributed by atoms with Crippen molar-refractivity contribution in [1.29, 1.82) is 0 Å². The summed E-state index contributed by atoms with van der Waals surface area (Å²) in [7, 11) is 0. The Kier molecular flexibility index (Phi) is 5.62. The van der Waals surface area contributed by atoms with Crippen molar-refractivity contribution in [3.8, 4) is 5.75 Å². The van der Waals surface area contributed by atoms with Gasteiger partial charge in [0.15, 0.2) is 0 Å². The highest BCUT2D eigenvalue weighted by molar-refractivity contribution is 9.10. The number of aromatic hydroxyl groups is 1. The van der Waals surface area contributed by atoms with Gasteiger partial charge in [-0.1, -0.05) is 40.2 Å². The maximum Gasteiger partial charge on any atom is 0.115 e. The minimum atomic E-state index is 0.324. The van der Waals surface area contributed by atoms with Gasteiger partial charge in [-0.3, -0.25) is 0 Å². The van der Waals surface area contributed by atoms with Gasteiger partial charge in [0, 0.05) is 10.5 Å². The molecule has 0 fully saturated rings. The maximum absolute atomic E-state index is 9.23. The molecule has 0 saturated heterocycles. The van der Waals surface area contributed by atoms with Gasteiger partial charge in [-0.25, -0.2) is 0 Å². The fourth-order valence-corrected chi connectivity index (χ4v) is 2.44. The molecule has 3 heteroatoms. The van der Waals surface area contributed by atoms with Crippen molar-refractivity contribution in [3.05, 3.63) is 64.1 Å². The number of halogens is 1. The summed E-state index contributed by atoms with van der Waals surface area (Å²) in [6.07, 6.45) is 2.01. The van der Waals surface area contributed by atoms with Crippen LogP contribution >= 0.6 is 15.9 Å². The third kappa shape index (κ3) is 4.99. The van der Waals surface area contributed by atoms with E-state index in [2.05, 4.69) is 52.4 Å². The fourth-order valence-electron chi connectivity index (χ4n) is 2.17. The molecule has 0 aliphatic rings. The van der Waals surface area contributed by atoms with Crippen molar-refractivity contribution in [2.24, 2.45) is 0 Å². The molecule has 0 aliphatic carbocycles. The highest BCUT2D eigenvalue weighted by atomic mass is 79.9. The summed E-state index contributed by atoms with van der Waals surface area (Å²) >= 11 is 3.45. The van der Waals surface area contributed by atoms with Gasteiger partial charge < -0.3 is 10.4 Å². The van der Waals surface area contributed by atoms with Crippen molar-refractivity contribution in [2.75, 3.05) is 6.54 Å². The Balaban J connectivity index is 1.73. The van der Waals surface area contributed by atoms with Gasteiger partial charge in [-0.05, 0) is 61.7 Å². The lowest BCUT2D eigenvalue weighted by Gasteiger charge is -2.14. The van der Waals surface area contributed by atoms with Crippen LogP contribution in [0, 0.1) is 0 Å². The summed E-state index contributed by atoms with van der Waals surface area (Å²) in [6.45, 7) is 3.15. The highest BCUT2D eigenvalue weighted by Gasteiger charge is 2.03. The molecule has 0 aliphatic heterocycles. The number of phenols is 1. The SMILES string of the molecule is CC(Cc1ccc(Br)cc1)NCCc1ccc(O)cc1. The lowest BCUT2D eigenvalue weighted by atomic mass is 10.1. The molecule has 2 aromatic rings. The monoisotopic (exact) mass is 333 g/mol. The molecule has 106 valence electrons. The summed E-state index contributed by atoms with van der Waals surface area (Å²) in [5, 5.41) is 12.8. The van der Waals surface area contributed by atoms with E-state index in [1.165, 1.54) is 11.1 Å². The first-order chi connectivity index (χ1) is 9.63. The molecule has 2 nitrogen and oxygen atoms in total. The first-order valence-electron chi connectivity index (χ1n) is 6.89. The van der Waals surface area contributed by atoms with E-state index in [1.807, 2.05) is 12.1 Å². The lowest BCUT2D eigenvalue weighted by Crippen LogP contribution is -2.29. The largest absolute Gasteiger partial charge is 0.508 e. The van der Waals surface area contributed by atoms with Crippen LogP contribution in [0.1, 0.15) is 18.1 Å². The number of phenolic OH excluding ortho intramolecular Hbond substituents is 1. The third-order valence-corrected chi connectivity index (χ3v) is 3.83. The van der Waals surface area contributed by atoms with Crippen molar-refractivity contribution in [3.63, 3.8) is 0 Å². The third-order valence-electron chi connectivity index (χ3n) is 3.30. The average Bonchev–Trinajstić information content (AvgIpc) is 2.44. The number of hydrogen-bond donors (Lipinski definition) is 2. The van der Waals surface area contributed by atoms with Gasteiger partial charge in [0.1, 0.15) is 5.75 Å². The van der Waals surface area contributed by atoms with E-state index in [0.717, 1.165) is 23.9 Å². The van der Waals surface area contributed by atoms with Gasteiger partial charge in [0.25, 0.3) is 0 Å². The van der Waals surface area contributed by atoms with E-state index in [1.54, 1.807) is 12.1 Å². The zero-order chi connectivity index (χ0) is 14.4. The highest BCUT2D eigenvalue weighted by Crippen LogP contribution is 2.12. The van der Waals surface area contributed by atoms with Crippen LogP contribution in [0.2, 0.25) is 0 Å². The molecular formula is C17H20BrNO. The lowest BCUT2D eigenvalue weighted by molar-refractivity contribution is 0.475. The molecule has 2 N–H and O–H groups in total. The van der Waals surface area contributed by atoms with Crippen LogP contribution in [0.25, 0.3) is 0 Å². The van der Waals surface area contributed by atoms with Gasteiger partial charge >= 0.3 is 0 Å². The Morgan fingerprint density at radius 3 is 2.25 bits per heavy atom. The topological polar surface area (TPSA) is 32.3 Å². The molecule has 20 heavy (non-hydrogen) atoms. The first kappa shape index (κ1) is 15.1. The molecule has 2 rings (SSSR count). The second-order valence-electron chi connectivity index (χ2n) is 5.10. The molecular weight excluding hydrogens is 314 g/mol. The fraction of sp³-hybridized carbons (Fsp3) is 0.294. The van der Waals surface area contributed by atoms with Crippen LogP contribution < -0.4 is 5.32 Å². The Morgan fingerprint density at radius 2 is 1.60 bits per heavy atom. The number of nitrogens with one attached hydrogen (secondary N) is 1. The molecule has 0 spiro atoms. The Bertz CT molecular complexity index is 522. The van der Waals surface area contributed by atoms with Gasteiger partial charge in [-0.15, -0.1) is 0 Å². The van der Waals surface area contributed by atoms with E-state index in [9.17, 15) is 5.11 Å². The average molecular weight is 334 g/mol. The Hall–Kier alpha value is -1.32. The standard InChI is InChI=1S/C17H20BrNO/c1-13(12-15-2-6-16(18)7-3-15)19-11-10-14-4-8-17(20)9-5-14/h2-9,13,19-20H,10-12H2,1H3. The molecule has 0 bridgehead atoms. The number of hydrogen-bond acceptors (Lipinski definition) is 2. The van der Waals surface area contributed by atoms with Crippen molar-refractivity contribution in [2.45, 2.75) is 25.8 Å². The van der Waals surface area contributed by atoms with Crippen LogP contribution in [0.3, 0.4) is 0 Å². The van der Waals surface area contributed by atoms with Crippen molar-refractivity contribution >= 4 is 15.9 Å². The van der Waals surface area contributed by atoms with Crippen molar-refractivity contribution < 1.29 is 5.11 Å². The summed E-state index contributed by atoms with van der Waals surface area (Å²) in [6, 6.07) is 16.3. The molecule has 2 aromatic carbocycles. The maximum atomic E-state index is 9.23. The normalized spacial score (nSPS) is 12.3. The van der Waals surface area contributed by atoms with Crippen LogP contribution in [0.5, 0.6) is 5.75 Å². The van der Waals surface area contributed by atoms with Crippen LogP contribution in [0.4, 0.5) is 0 Å². The molecule has 0 amide bonds. The van der Waals surface area contributed by atoms with E-state index in [4.69, 9.17) is 0 Å². The van der Waals surface area contributed by atoms with E-state index in [-0.39, 0.29) is 0 Å². The van der Waals surface area contributed by atoms with Gasteiger partial charge in [-0.2, -0.15) is 0 Å². The van der Waals surface area contributed by atoms with Crippen LogP contribution in [-0.4, -0.2) is 17.7 Å². The predicted octanol–water partition coefficient (Wildman–Crippen LogP) is 3.92. The second-order valence-corrected chi connectivity index (χ2v) is 6.02. The summed E-state index contributed by atoms with van der Waals surface area (Å²) in [5.74, 6) is 0.324. The van der Waals surface area contributed by atoms with Gasteiger partial charge in [0.05, 0.1) is 0 Å².